The van der Waals surface area contributed by atoms with Gasteiger partial charge in [0.1, 0.15) is 5.82 Å². The summed E-state index contributed by atoms with van der Waals surface area (Å²) in [6.07, 6.45) is 5.71. The Morgan fingerprint density at radius 3 is 2.50 bits per heavy atom. The molecule has 5 nitrogen and oxygen atoms in total. The number of anilines is 1. The van der Waals surface area contributed by atoms with Gasteiger partial charge in [-0.15, -0.1) is 10.2 Å². The van der Waals surface area contributed by atoms with Gasteiger partial charge < -0.3 is 14.2 Å². The van der Waals surface area contributed by atoms with Crippen molar-refractivity contribution in [1.29, 1.82) is 0 Å². The van der Waals surface area contributed by atoms with Gasteiger partial charge in [0.2, 0.25) is 5.95 Å². The number of fused-ring (bicyclic) bond motifs is 1. The van der Waals surface area contributed by atoms with Crippen molar-refractivity contribution in [3.8, 4) is 0 Å². The summed E-state index contributed by atoms with van der Waals surface area (Å²) in [7, 11) is 2.11. The third-order valence-corrected chi connectivity index (χ3v) is 6.83. The highest BCUT2D eigenvalue weighted by Crippen LogP contribution is 2.41. The molecule has 5 heteroatoms. The first-order chi connectivity index (χ1) is 13.7. The van der Waals surface area contributed by atoms with E-state index >= 15 is 0 Å². The Labute approximate surface area is 166 Å². The van der Waals surface area contributed by atoms with Crippen LogP contribution in [0.25, 0.3) is 10.8 Å². The molecule has 0 unspecified atom stereocenters. The van der Waals surface area contributed by atoms with Gasteiger partial charge in [-0.2, -0.15) is 0 Å². The van der Waals surface area contributed by atoms with E-state index in [1.54, 1.807) is 0 Å². The van der Waals surface area contributed by atoms with Crippen molar-refractivity contribution in [2.75, 3.05) is 31.2 Å². The minimum atomic E-state index is 0.499. The molecule has 2 aromatic carbocycles. The molecule has 146 valence electrons. The Morgan fingerprint density at radius 2 is 1.68 bits per heavy atom. The maximum atomic E-state index is 5.58. The van der Waals surface area contributed by atoms with Crippen molar-refractivity contribution >= 4 is 16.7 Å². The molecule has 28 heavy (non-hydrogen) atoms. The van der Waals surface area contributed by atoms with Crippen LogP contribution in [0.5, 0.6) is 0 Å². The lowest BCUT2D eigenvalue weighted by atomic mass is 9.72. The average Bonchev–Trinajstić information content (AvgIpc) is 3.10. The van der Waals surface area contributed by atoms with Crippen LogP contribution in [-0.4, -0.2) is 41.1 Å². The molecular weight excluding hydrogens is 348 g/mol. The minimum absolute atomic E-state index is 0.499. The maximum Gasteiger partial charge on any atom is 0.226 e. The fraction of sp³-hybridized carbons (Fsp3) is 0.478. The second-order valence-corrected chi connectivity index (χ2v) is 8.39. The monoisotopic (exact) mass is 376 g/mol. The molecule has 0 N–H and O–H groups in total. The summed E-state index contributed by atoms with van der Waals surface area (Å²) in [4.78, 5) is 2.42. The van der Waals surface area contributed by atoms with Crippen LogP contribution in [0.1, 0.15) is 37.1 Å². The molecule has 2 aliphatic heterocycles. The van der Waals surface area contributed by atoms with Gasteiger partial charge in [-0.05, 0) is 47.4 Å². The third-order valence-electron chi connectivity index (χ3n) is 6.83. The zero-order chi connectivity index (χ0) is 19.0. The number of hydrogen-bond acceptors (Lipinski definition) is 4. The van der Waals surface area contributed by atoms with Crippen LogP contribution in [0.15, 0.2) is 42.5 Å². The summed E-state index contributed by atoms with van der Waals surface area (Å²) in [5, 5.41) is 11.7. The molecule has 5 rings (SSSR count). The number of hydrogen-bond donors (Lipinski definition) is 0. The molecule has 0 atom stereocenters. The van der Waals surface area contributed by atoms with Gasteiger partial charge in [-0.25, -0.2) is 0 Å². The molecule has 1 spiro atoms. The molecule has 2 aliphatic rings. The third kappa shape index (κ3) is 3.18. The number of piperidine rings is 1. The molecule has 0 bridgehead atoms. The molecular formula is C23H28N4O. The number of ether oxygens (including phenoxy) is 1. The van der Waals surface area contributed by atoms with Crippen molar-refractivity contribution in [2.45, 2.75) is 32.1 Å². The molecule has 0 saturated carbocycles. The van der Waals surface area contributed by atoms with Crippen molar-refractivity contribution in [3.05, 3.63) is 53.9 Å². The van der Waals surface area contributed by atoms with E-state index in [2.05, 4.69) is 69.2 Å². The first kappa shape index (κ1) is 17.7. The van der Waals surface area contributed by atoms with Gasteiger partial charge >= 0.3 is 0 Å². The Morgan fingerprint density at radius 1 is 0.929 bits per heavy atom. The summed E-state index contributed by atoms with van der Waals surface area (Å²) in [6, 6.07) is 15.1. The van der Waals surface area contributed by atoms with Gasteiger partial charge in [-0.3, -0.25) is 0 Å². The van der Waals surface area contributed by atoms with Gasteiger partial charge in [-0.1, -0.05) is 42.5 Å². The van der Waals surface area contributed by atoms with Crippen molar-refractivity contribution < 1.29 is 4.74 Å². The predicted molar refractivity (Wildman–Crippen MR) is 112 cm³/mol. The minimum Gasteiger partial charge on any atom is -0.381 e. The lowest BCUT2D eigenvalue weighted by molar-refractivity contribution is 0.00194. The van der Waals surface area contributed by atoms with Gasteiger partial charge in [0.05, 0.1) is 0 Å². The van der Waals surface area contributed by atoms with Gasteiger partial charge in [0.25, 0.3) is 0 Å². The van der Waals surface area contributed by atoms with E-state index in [0.29, 0.717) is 5.41 Å². The lowest BCUT2D eigenvalue weighted by Gasteiger charge is -2.44. The Hall–Kier alpha value is -2.40. The number of nitrogens with zero attached hydrogens (tertiary/aromatic N) is 4. The summed E-state index contributed by atoms with van der Waals surface area (Å²) < 4.78 is 7.76. The van der Waals surface area contributed by atoms with E-state index in [4.69, 9.17) is 4.74 Å². The predicted octanol–water partition coefficient (Wildman–Crippen LogP) is 3.96. The fourth-order valence-corrected chi connectivity index (χ4v) is 4.88. The summed E-state index contributed by atoms with van der Waals surface area (Å²) in [5.41, 5.74) is 1.80. The Balaban J connectivity index is 1.34. The molecule has 2 fully saturated rings. The number of benzene rings is 2. The molecule has 0 amide bonds. The standard InChI is InChI=1S/C23H28N4O/c1-26-21(17-19-7-4-6-18-5-2-3-8-20(18)19)24-25-22(26)27-13-9-23(10-14-27)11-15-28-16-12-23/h2-8H,9-17H2,1H3. The Bertz CT molecular complexity index is 958. The van der Waals surface area contributed by atoms with E-state index in [9.17, 15) is 0 Å². The van der Waals surface area contributed by atoms with Crippen LogP contribution < -0.4 is 4.90 Å². The largest absolute Gasteiger partial charge is 0.381 e. The molecule has 1 aromatic heterocycles. The average molecular weight is 377 g/mol. The van der Waals surface area contributed by atoms with Crippen molar-refractivity contribution in [2.24, 2.45) is 12.5 Å². The first-order valence-electron chi connectivity index (χ1n) is 10.4. The second kappa shape index (κ2) is 7.21. The number of aromatic nitrogens is 3. The van der Waals surface area contributed by atoms with E-state index in [0.717, 1.165) is 44.5 Å². The van der Waals surface area contributed by atoms with Crippen molar-refractivity contribution in [3.63, 3.8) is 0 Å². The van der Waals surface area contributed by atoms with E-state index in [-0.39, 0.29) is 0 Å². The molecule has 0 aliphatic carbocycles. The highest BCUT2D eigenvalue weighted by molar-refractivity contribution is 5.85. The van der Waals surface area contributed by atoms with E-state index in [1.165, 1.54) is 42.0 Å². The quantitative estimate of drug-likeness (QED) is 0.694. The highest BCUT2D eigenvalue weighted by Gasteiger charge is 2.37. The topological polar surface area (TPSA) is 43.2 Å². The second-order valence-electron chi connectivity index (χ2n) is 8.39. The summed E-state index contributed by atoms with van der Waals surface area (Å²) in [6.45, 7) is 4.00. The lowest BCUT2D eigenvalue weighted by Crippen LogP contribution is -2.43. The molecule has 3 heterocycles. The Kier molecular flexibility index (Phi) is 4.55. The number of rotatable bonds is 3. The first-order valence-corrected chi connectivity index (χ1v) is 10.4. The SMILES string of the molecule is Cn1c(Cc2cccc3ccccc23)nnc1N1CCC2(CCOCC2)CC1. The normalized spacial score (nSPS) is 19.4. The molecule has 0 radical (unpaired) electrons. The van der Waals surface area contributed by atoms with Crippen LogP contribution in [-0.2, 0) is 18.2 Å². The van der Waals surface area contributed by atoms with Crippen LogP contribution in [0, 0.1) is 5.41 Å². The van der Waals surface area contributed by atoms with Crippen LogP contribution in [0.2, 0.25) is 0 Å². The summed E-state index contributed by atoms with van der Waals surface area (Å²) in [5.74, 6) is 2.04. The smallest absolute Gasteiger partial charge is 0.226 e. The maximum absolute atomic E-state index is 5.58. The zero-order valence-corrected chi connectivity index (χ0v) is 16.6. The van der Waals surface area contributed by atoms with E-state index in [1.807, 2.05) is 0 Å². The van der Waals surface area contributed by atoms with Crippen molar-refractivity contribution in [1.82, 2.24) is 14.8 Å². The fourth-order valence-electron chi connectivity index (χ4n) is 4.88. The highest BCUT2D eigenvalue weighted by atomic mass is 16.5. The zero-order valence-electron chi connectivity index (χ0n) is 16.6. The summed E-state index contributed by atoms with van der Waals surface area (Å²) >= 11 is 0. The molecule has 3 aromatic rings. The van der Waals surface area contributed by atoms with E-state index < -0.39 is 0 Å². The molecule has 2 saturated heterocycles. The van der Waals surface area contributed by atoms with Crippen LogP contribution in [0.3, 0.4) is 0 Å². The van der Waals surface area contributed by atoms with Gasteiger partial charge in [0.15, 0.2) is 0 Å². The van der Waals surface area contributed by atoms with Crippen LogP contribution in [0.4, 0.5) is 5.95 Å². The van der Waals surface area contributed by atoms with Gasteiger partial charge in [0, 0.05) is 39.8 Å². The van der Waals surface area contributed by atoms with Crippen LogP contribution >= 0.6 is 0 Å².